The molecule has 0 saturated heterocycles. The van der Waals surface area contributed by atoms with Gasteiger partial charge in [-0.1, -0.05) is 18.2 Å². The second-order valence-electron chi connectivity index (χ2n) is 3.86. The molecule has 0 spiro atoms. The van der Waals surface area contributed by atoms with E-state index < -0.39 is 5.97 Å². The zero-order chi connectivity index (χ0) is 14.4. The lowest BCUT2D eigenvalue weighted by atomic mass is 10.0. The zero-order valence-electron chi connectivity index (χ0n) is 10.4. The van der Waals surface area contributed by atoms with Gasteiger partial charge in [0.2, 0.25) is 0 Å². The molecule has 20 heavy (non-hydrogen) atoms. The first kappa shape index (κ1) is 15.3. The van der Waals surface area contributed by atoms with Gasteiger partial charge in [-0.3, -0.25) is 0 Å². The summed E-state index contributed by atoms with van der Waals surface area (Å²) >= 11 is 2.15. The standard InChI is InChI=1S/C13H13INO4P/c14-20-19-6-5-18-12-4-2-1-3-9(12)10-7-15-8-11(10)13(16)17/h1-4,7-8,15,20H,5-6H2,(H,16,17). The average Bonchev–Trinajstić information content (AvgIpc) is 2.93. The first-order chi connectivity index (χ1) is 9.74. The van der Waals surface area contributed by atoms with Gasteiger partial charge in [-0.25, -0.2) is 4.79 Å². The topological polar surface area (TPSA) is 71.5 Å². The first-order valence-corrected chi connectivity index (χ1v) is 9.86. The zero-order valence-corrected chi connectivity index (χ0v) is 13.6. The van der Waals surface area contributed by atoms with Crippen molar-refractivity contribution in [3.63, 3.8) is 0 Å². The molecule has 0 aliphatic heterocycles. The van der Waals surface area contributed by atoms with E-state index in [0.29, 0.717) is 31.0 Å². The van der Waals surface area contributed by atoms with E-state index in [1.54, 1.807) is 6.20 Å². The number of hydrogen-bond acceptors (Lipinski definition) is 3. The molecule has 2 N–H and O–H groups in total. The molecule has 0 saturated carbocycles. The van der Waals surface area contributed by atoms with E-state index in [2.05, 4.69) is 27.0 Å². The lowest BCUT2D eigenvalue weighted by Crippen LogP contribution is -2.04. The van der Waals surface area contributed by atoms with Crippen LogP contribution in [0.3, 0.4) is 0 Å². The Morgan fingerprint density at radius 3 is 2.80 bits per heavy atom. The van der Waals surface area contributed by atoms with Crippen LogP contribution in [-0.4, -0.2) is 29.3 Å². The van der Waals surface area contributed by atoms with E-state index in [0.717, 1.165) is 5.56 Å². The van der Waals surface area contributed by atoms with Crippen LogP contribution in [0.25, 0.3) is 11.1 Å². The van der Waals surface area contributed by atoms with Gasteiger partial charge in [-0.05, 0) is 28.1 Å². The molecule has 1 unspecified atom stereocenters. The fourth-order valence-corrected chi connectivity index (χ4v) is 2.63. The summed E-state index contributed by atoms with van der Waals surface area (Å²) in [4.78, 5) is 14.0. The third-order valence-electron chi connectivity index (χ3n) is 2.65. The van der Waals surface area contributed by atoms with Crippen LogP contribution in [0.5, 0.6) is 5.75 Å². The summed E-state index contributed by atoms with van der Waals surface area (Å²) in [7, 11) is 0. The van der Waals surface area contributed by atoms with Gasteiger partial charge in [0, 0.05) is 23.5 Å². The van der Waals surface area contributed by atoms with Crippen molar-refractivity contribution in [2.24, 2.45) is 0 Å². The Bertz CT molecular complexity index is 587. The maximum Gasteiger partial charge on any atom is 0.337 e. The number of nitrogens with one attached hydrogen (secondary N) is 1. The van der Waals surface area contributed by atoms with Gasteiger partial charge < -0.3 is 19.4 Å². The molecule has 0 fully saturated rings. The van der Waals surface area contributed by atoms with Crippen LogP contribution in [0.2, 0.25) is 0 Å². The van der Waals surface area contributed by atoms with E-state index in [1.807, 2.05) is 24.3 Å². The van der Waals surface area contributed by atoms with Crippen molar-refractivity contribution in [2.45, 2.75) is 0 Å². The molecule has 2 rings (SSSR count). The third-order valence-corrected chi connectivity index (χ3v) is 3.90. The predicted octanol–water partition coefficient (Wildman–Crippen LogP) is 3.72. The van der Waals surface area contributed by atoms with Crippen molar-refractivity contribution in [1.82, 2.24) is 4.98 Å². The highest BCUT2D eigenvalue weighted by atomic mass is 127. The highest BCUT2D eigenvalue weighted by Crippen LogP contribution is 2.32. The van der Waals surface area contributed by atoms with Crippen LogP contribution in [0, 0.1) is 0 Å². The number of carbonyl (C=O) groups is 1. The van der Waals surface area contributed by atoms with Gasteiger partial charge >= 0.3 is 5.97 Å². The molecule has 1 atom stereocenters. The van der Waals surface area contributed by atoms with Crippen LogP contribution in [0.1, 0.15) is 10.4 Å². The van der Waals surface area contributed by atoms with Gasteiger partial charge in [0.1, 0.15) is 12.4 Å². The number of rotatable bonds is 7. The minimum Gasteiger partial charge on any atom is -0.491 e. The lowest BCUT2D eigenvalue weighted by Gasteiger charge is -2.11. The highest BCUT2D eigenvalue weighted by Gasteiger charge is 2.15. The Hall–Kier alpha value is -1.11. The Balaban J connectivity index is 2.23. The van der Waals surface area contributed by atoms with Crippen molar-refractivity contribution in [3.8, 4) is 16.9 Å². The Labute approximate surface area is 131 Å². The molecule has 2 aromatic rings. The minimum absolute atomic E-state index is 0.228. The Morgan fingerprint density at radius 1 is 1.25 bits per heavy atom. The van der Waals surface area contributed by atoms with E-state index in [9.17, 15) is 9.90 Å². The molecule has 0 radical (unpaired) electrons. The van der Waals surface area contributed by atoms with Crippen LogP contribution >= 0.6 is 28.5 Å². The molecule has 0 aliphatic carbocycles. The fourth-order valence-electron chi connectivity index (χ4n) is 1.81. The number of aromatic amines is 1. The van der Waals surface area contributed by atoms with Crippen molar-refractivity contribution in [2.75, 3.05) is 13.2 Å². The van der Waals surface area contributed by atoms with E-state index >= 15 is 0 Å². The molecular formula is C13H13INO4P. The van der Waals surface area contributed by atoms with Crippen LogP contribution < -0.4 is 4.74 Å². The number of benzene rings is 1. The smallest absolute Gasteiger partial charge is 0.337 e. The van der Waals surface area contributed by atoms with Crippen molar-refractivity contribution in [3.05, 3.63) is 42.2 Å². The molecule has 5 nitrogen and oxygen atoms in total. The molecule has 1 aromatic carbocycles. The number of carboxylic acids is 1. The molecule has 0 bridgehead atoms. The van der Waals surface area contributed by atoms with Gasteiger partial charge in [-0.2, -0.15) is 0 Å². The summed E-state index contributed by atoms with van der Waals surface area (Å²) in [5, 5.41) is 9.17. The largest absolute Gasteiger partial charge is 0.491 e. The second-order valence-corrected chi connectivity index (χ2v) is 5.62. The summed E-state index contributed by atoms with van der Waals surface area (Å²) in [6, 6.07) is 7.36. The summed E-state index contributed by atoms with van der Waals surface area (Å²) in [6.45, 7) is 1.34. The summed E-state index contributed by atoms with van der Waals surface area (Å²) in [5.41, 5.74) is 1.60. The Kier molecular flexibility index (Phi) is 5.82. The number of aromatic carboxylic acids is 1. The van der Waals surface area contributed by atoms with Crippen LogP contribution in [0.4, 0.5) is 0 Å². The lowest BCUT2D eigenvalue weighted by molar-refractivity contribution is 0.0698. The van der Waals surface area contributed by atoms with Gasteiger partial charge in [0.15, 0.2) is 0 Å². The highest BCUT2D eigenvalue weighted by molar-refractivity contribution is 14.2. The normalized spacial score (nSPS) is 11.1. The molecular weight excluding hydrogens is 392 g/mol. The first-order valence-electron chi connectivity index (χ1n) is 5.83. The summed E-state index contributed by atoms with van der Waals surface area (Å²) in [6.07, 6.45) is 3.13. The number of H-pyrrole nitrogens is 1. The number of hydrogen-bond donors (Lipinski definition) is 2. The van der Waals surface area contributed by atoms with E-state index in [-0.39, 0.29) is 5.56 Å². The van der Waals surface area contributed by atoms with Crippen molar-refractivity contribution in [1.29, 1.82) is 0 Å². The molecule has 7 heteroatoms. The van der Waals surface area contributed by atoms with Crippen LogP contribution in [0.15, 0.2) is 36.7 Å². The molecule has 0 aliphatic rings. The number of ether oxygens (including phenoxy) is 1. The maximum atomic E-state index is 11.2. The molecule has 0 amide bonds. The summed E-state index contributed by atoms with van der Waals surface area (Å²) in [5.74, 6) is -0.319. The summed E-state index contributed by atoms with van der Waals surface area (Å²) < 4.78 is 10.9. The molecule has 1 heterocycles. The van der Waals surface area contributed by atoms with Crippen molar-refractivity contribution >= 4 is 34.5 Å². The Morgan fingerprint density at radius 2 is 2.05 bits per heavy atom. The average molecular weight is 405 g/mol. The van der Waals surface area contributed by atoms with Crippen molar-refractivity contribution < 1.29 is 19.2 Å². The number of carboxylic acid groups (broad SMARTS) is 1. The quantitative estimate of drug-likeness (QED) is 0.419. The predicted molar refractivity (Wildman–Crippen MR) is 87.0 cm³/mol. The van der Waals surface area contributed by atoms with Gasteiger partial charge in [0.25, 0.3) is 0 Å². The van der Waals surface area contributed by atoms with E-state index in [4.69, 9.17) is 9.26 Å². The van der Waals surface area contributed by atoms with Crippen LogP contribution in [-0.2, 0) is 4.52 Å². The van der Waals surface area contributed by atoms with Gasteiger partial charge in [-0.15, -0.1) is 0 Å². The minimum atomic E-state index is -0.967. The fraction of sp³-hybridized carbons (Fsp3) is 0.154. The SMILES string of the molecule is O=C(O)c1c[nH]cc1-c1ccccc1OCCOPI. The van der Waals surface area contributed by atoms with E-state index in [1.165, 1.54) is 6.20 Å². The number of aromatic nitrogens is 1. The number of halogens is 1. The third kappa shape index (κ3) is 3.71. The second kappa shape index (κ2) is 7.61. The number of para-hydroxylation sites is 1. The maximum absolute atomic E-state index is 11.2. The molecule has 1 aromatic heterocycles. The molecule has 106 valence electrons. The van der Waals surface area contributed by atoms with Gasteiger partial charge in [0.05, 0.1) is 18.6 Å². The monoisotopic (exact) mass is 405 g/mol.